The maximum absolute atomic E-state index is 12.6. The second-order valence-electron chi connectivity index (χ2n) is 6.47. The maximum atomic E-state index is 12.6. The normalized spacial score (nSPS) is 15.7. The second kappa shape index (κ2) is 11.0. The number of nitrogens with one attached hydrogen (secondary N) is 1. The van der Waals surface area contributed by atoms with Gasteiger partial charge in [0.05, 0.1) is 5.01 Å². The molecule has 3 rings (SSSR count). The minimum absolute atomic E-state index is 0. The second-order valence-corrected chi connectivity index (χ2v) is 7.41. The van der Waals surface area contributed by atoms with Crippen LogP contribution in [-0.4, -0.2) is 48.6 Å². The van der Waals surface area contributed by atoms with E-state index in [1.807, 2.05) is 30.3 Å². The van der Waals surface area contributed by atoms with E-state index in [1.54, 1.807) is 7.05 Å². The molecule has 29 heavy (non-hydrogen) atoms. The molecule has 2 heterocycles. The molecule has 160 valence electrons. The van der Waals surface area contributed by atoms with Crippen LogP contribution in [0.5, 0.6) is 5.75 Å². The molecule has 1 aromatic heterocycles. The Hall–Kier alpha value is -1.56. The first kappa shape index (κ1) is 23.7. The van der Waals surface area contributed by atoms with Crippen molar-refractivity contribution in [2.75, 3.05) is 26.7 Å². The SMILES string of the molecule is CN=C(NCCc1nc(C(F)(F)F)cs1)N1CCC(Oc2ccccc2)CC1.I. The number of rotatable bonds is 5. The van der Waals surface area contributed by atoms with E-state index in [2.05, 4.69) is 20.2 Å². The molecular formula is C19H24F3IN4OS. The van der Waals surface area contributed by atoms with E-state index >= 15 is 0 Å². The molecular weight excluding hydrogens is 516 g/mol. The van der Waals surface area contributed by atoms with Gasteiger partial charge in [0.25, 0.3) is 0 Å². The number of ether oxygens (including phenoxy) is 1. The highest BCUT2D eigenvalue weighted by molar-refractivity contribution is 14.0. The van der Waals surface area contributed by atoms with Gasteiger partial charge in [0.1, 0.15) is 11.9 Å². The van der Waals surface area contributed by atoms with Gasteiger partial charge in [0.15, 0.2) is 11.7 Å². The predicted molar refractivity (Wildman–Crippen MR) is 119 cm³/mol. The van der Waals surface area contributed by atoms with Crippen LogP contribution in [0.15, 0.2) is 40.7 Å². The summed E-state index contributed by atoms with van der Waals surface area (Å²) in [4.78, 5) is 10.1. The van der Waals surface area contributed by atoms with Crippen molar-refractivity contribution in [3.8, 4) is 5.75 Å². The van der Waals surface area contributed by atoms with Crippen molar-refractivity contribution in [1.29, 1.82) is 0 Å². The fraction of sp³-hybridized carbons (Fsp3) is 0.474. The number of nitrogens with zero attached hydrogens (tertiary/aromatic N) is 3. The van der Waals surface area contributed by atoms with Crippen molar-refractivity contribution in [2.45, 2.75) is 31.5 Å². The van der Waals surface area contributed by atoms with Gasteiger partial charge in [-0.25, -0.2) is 4.98 Å². The largest absolute Gasteiger partial charge is 0.490 e. The standard InChI is InChI=1S/C19H23F3N4OS.HI/c1-23-18(24-10-7-17-25-16(13-28-17)19(20,21)22)26-11-8-15(9-12-26)27-14-5-3-2-4-6-14;/h2-6,13,15H,7-12H2,1H3,(H,23,24);1H. The summed E-state index contributed by atoms with van der Waals surface area (Å²) >= 11 is 1.03. The Morgan fingerprint density at radius 2 is 1.97 bits per heavy atom. The molecule has 1 saturated heterocycles. The highest BCUT2D eigenvalue weighted by Crippen LogP contribution is 2.30. The zero-order chi connectivity index (χ0) is 20.0. The lowest BCUT2D eigenvalue weighted by Gasteiger charge is -2.34. The number of thiazole rings is 1. The number of aliphatic imine (C=N–C) groups is 1. The predicted octanol–water partition coefficient (Wildman–Crippen LogP) is 4.44. The van der Waals surface area contributed by atoms with E-state index in [1.165, 1.54) is 0 Å². The van der Waals surface area contributed by atoms with Crippen LogP contribution >= 0.6 is 35.3 Å². The van der Waals surface area contributed by atoms with Crippen molar-refractivity contribution >= 4 is 41.3 Å². The van der Waals surface area contributed by atoms with E-state index in [0.717, 1.165) is 54.4 Å². The van der Waals surface area contributed by atoms with E-state index in [9.17, 15) is 13.2 Å². The van der Waals surface area contributed by atoms with Gasteiger partial charge in [-0.1, -0.05) is 18.2 Å². The molecule has 1 fully saturated rings. The highest BCUT2D eigenvalue weighted by atomic mass is 127. The fourth-order valence-corrected chi connectivity index (χ4v) is 3.85. The lowest BCUT2D eigenvalue weighted by Crippen LogP contribution is -2.47. The molecule has 1 aromatic carbocycles. The van der Waals surface area contributed by atoms with Crippen LogP contribution in [-0.2, 0) is 12.6 Å². The molecule has 0 radical (unpaired) electrons. The molecule has 0 unspecified atom stereocenters. The summed E-state index contributed by atoms with van der Waals surface area (Å²) in [5.74, 6) is 1.64. The number of likely N-dealkylation sites (tertiary alicyclic amines) is 1. The third kappa shape index (κ3) is 7.02. The molecule has 2 aromatic rings. The third-order valence-corrected chi connectivity index (χ3v) is 5.37. The monoisotopic (exact) mass is 540 g/mol. The maximum Gasteiger partial charge on any atom is 0.434 e. The zero-order valence-electron chi connectivity index (χ0n) is 16.0. The van der Waals surface area contributed by atoms with Gasteiger partial charge < -0.3 is 15.0 Å². The molecule has 0 saturated carbocycles. The Morgan fingerprint density at radius 3 is 2.55 bits per heavy atom. The first-order valence-electron chi connectivity index (χ1n) is 9.14. The summed E-state index contributed by atoms with van der Waals surface area (Å²) in [5, 5.41) is 4.74. The minimum atomic E-state index is -4.38. The Morgan fingerprint density at radius 1 is 1.28 bits per heavy atom. The fourth-order valence-electron chi connectivity index (χ4n) is 3.05. The Bertz CT molecular complexity index is 777. The summed E-state index contributed by atoms with van der Waals surface area (Å²) in [6.07, 6.45) is -2.01. The third-order valence-electron chi connectivity index (χ3n) is 4.46. The van der Waals surface area contributed by atoms with Gasteiger partial charge >= 0.3 is 6.18 Å². The van der Waals surface area contributed by atoms with Crippen LogP contribution in [0.3, 0.4) is 0 Å². The lowest BCUT2D eigenvalue weighted by molar-refractivity contribution is -0.140. The van der Waals surface area contributed by atoms with E-state index in [0.29, 0.717) is 18.0 Å². The number of hydrogen-bond donors (Lipinski definition) is 1. The molecule has 5 nitrogen and oxygen atoms in total. The van der Waals surface area contributed by atoms with E-state index in [-0.39, 0.29) is 30.1 Å². The number of halogens is 4. The summed E-state index contributed by atoms with van der Waals surface area (Å²) in [6.45, 7) is 2.11. The molecule has 0 bridgehead atoms. The summed E-state index contributed by atoms with van der Waals surface area (Å²) in [6, 6.07) is 9.78. The molecule has 0 aliphatic carbocycles. The average molecular weight is 540 g/mol. The van der Waals surface area contributed by atoms with Crippen molar-refractivity contribution in [3.63, 3.8) is 0 Å². The van der Waals surface area contributed by atoms with Gasteiger partial charge in [-0.3, -0.25) is 4.99 Å². The van der Waals surface area contributed by atoms with Crippen LogP contribution in [0.2, 0.25) is 0 Å². The number of benzene rings is 1. The lowest BCUT2D eigenvalue weighted by atomic mass is 10.1. The highest BCUT2D eigenvalue weighted by Gasteiger charge is 2.33. The van der Waals surface area contributed by atoms with Gasteiger partial charge in [-0.2, -0.15) is 13.2 Å². The van der Waals surface area contributed by atoms with Crippen molar-refractivity contribution in [3.05, 3.63) is 46.4 Å². The summed E-state index contributed by atoms with van der Waals surface area (Å²) < 4.78 is 43.8. The van der Waals surface area contributed by atoms with Crippen molar-refractivity contribution < 1.29 is 17.9 Å². The van der Waals surface area contributed by atoms with Crippen LogP contribution in [0.25, 0.3) is 0 Å². The number of aromatic nitrogens is 1. The van der Waals surface area contributed by atoms with Crippen LogP contribution < -0.4 is 10.1 Å². The van der Waals surface area contributed by atoms with Crippen molar-refractivity contribution in [2.24, 2.45) is 4.99 Å². The van der Waals surface area contributed by atoms with Crippen LogP contribution in [0.4, 0.5) is 13.2 Å². The molecule has 0 spiro atoms. The Labute approximate surface area is 189 Å². The molecule has 10 heteroatoms. The first-order chi connectivity index (χ1) is 13.5. The smallest absolute Gasteiger partial charge is 0.434 e. The van der Waals surface area contributed by atoms with Crippen molar-refractivity contribution in [1.82, 2.24) is 15.2 Å². The molecule has 1 N–H and O–H groups in total. The van der Waals surface area contributed by atoms with Gasteiger partial charge in [-0.05, 0) is 12.1 Å². The Balaban J connectivity index is 0.00000300. The van der Waals surface area contributed by atoms with E-state index < -0.39 is 11.9 Å². The molecule has 0 atom stereocenters. The van der Waals surface area contributed by atoms with Gasteiger partial charge in [-0.15, -0.1) is 35.3 Å². The van der Waals surface area contributed by atoms with Crippen LogP contribution in [0, 0.1) is 0 Å². The number of para-hydroxylation sites is 1. The summed E-state index contributed by atoms with van der Waals surface area (Å²) in [7, 11) is 1.71. The quantitative estimate of drug-likeness (QED) is 0.346. The number of alkyl halides is 3. The van der Waals surface area contributed by atoms with E-state index in [4.69, 9.17) is 4.74 Å². The first-order valence-corrected chi connectivity index (χ1v) is 10.0. The number of hydrogen-bond acceptors (Lipinski definition) is 4. The summed E-state index contributed by atoms with van der Waals surface area (Å²) in [5.41, 5.74) is -0.822. The molecule has 1 aliphatic rings. The van der Waals surface area contributed by atoms with Crippen LogP contribution in [0.1, 0.15) is 23.5 Å². The number of piperidine rings is 1. The van der Waals surface area contributed by atoms with Gasteiger partial charge in [0, 0.05) is 51.3 Å². The van der Waals surface area contributed by atoms with Gasteiger partial charge in [0.2, 0.25) is 0 Å². The minimum Gasteiger partial charge on any atom is -0.490 e. The molecule has 0 amide bonds. The zero-order valence-corrected chi connectivity index (χ0v) is 19.1. The average Bonchev–Trinajstić information content (AvgIpc) is 3.16. The topological polar surface area (TPSA) is 49.8 Å². The number of guanidine groups is 1. The Kier molecular flexibility index (Phi) is 9.00. The molecule has 1 aliphatic heterocycles.